The highest BCUT2D eigenvalue weighted by molar-refractivity contribution is 6.04. The molecule has 0 saturated heterocycles. The van der Waals surface area contributed by atoms with Crippen molar-refractivity contribution in [1.82, 2.24) is 10.6 Å². The number of hydrogen-bond acceptors (Lipinski definition) is 3. The summed E-state index contributed by atoms with van der Waals surface area (Å²) < 4.78 is 5.02. The van der Waals surface area contributed by atoms with Crippen molar-refractivity contribution in [2.24, 2.45) is 0 Å². The second-order valence-electron chi connectivity index (χ2n) is 4.40. The molecule has 1 heterocycles. The summed E-state index contributed by atoms with van der Waals surface area (Å²) in [6, 6.07) is 12.4. The fourth-order valence-corrected chi connectivity index (χ4v) is 1.73. The van der Waals surface area contributed by atoms with Gasteiger partial charge in [-0.15, -0.1) is 6.58 Å². The number of furan rings is 1. The number of amides is 2. The minimum absolute atomic E-state index is 0.134. The minimum Gasteiger partial charge on any atom is -0.459 e. The average Bonchev–Trinajstić information content (AvgIpc) is 3.07. The van der Waals surface area contributed by atoms with Gasteiger partial charge in [-0.05, 0) is 23.8 Å². The van der Waals surface area contributed by atoms with Gasteiger partial charge >= 0.3 is 0 Å². The van der Waals surface area contributed by atoms with E-state index in [1.807, 2.05) is 30.3 Å². The molecule has 2 N–H and O–H groups in total. The van der Waals surface area contributed by atoms with Crippen LogP contribution < -0.4 is 10.6 Å². The Morgan fingerprint density at radius 1 is 1.14 bits per heavy atom. The van der Waals surface area contributed by atoms with Crippen LogP contribution >= 0.6 is 0 Å². The zero-order chi connectivity index (χ0) is 15.8. The summed E-state index contributed by atoms with van der Waals surface area (Å²) in [4.78, 5) is 24.2. The second-order valence-corrected chi connectivity index (χ2v) is 4.40. The highest BCUT2D eigenvalue weighted by Gasteiger charge is 2.15. The largest absolute Gasteiger partial charge is 0.459 e. The van der Waals surface area contributed by atoms with E-state index in [4.69, 9.17) is 4.42 Å². The van der Waals surface area contributed by atoms with Gasteiger partial charge in [-0.2, -0.15) is 0 Å². The van der Waals surface area contributed by atoms with Gasteiger partial charge in [-0.25, -0.2) is 0 Å². The molecular weight excluding hydrogens is 280 g/mol. The number of benzene rings is 1. The summed E-state index contributed by atoms with van der Waals surface area (Å²) in [7, 11) is 0. The van der Waals surface area contributed by atoms with E-state index in [1.54, 1.807) is 18.2 Å². The zero-order valence-electron chi connectivity index (χ0n) is 11.9. The van der Waals surface area contributed by atoms with Crippen LogP contribution in [0.3, 0.4) is 0 Å². The molecular formula is C17H16N2O3. The summed E-state index contributed by atoms with van der Waals surface area (Å²) in [6.45, 7) is 3.85. The molecule has 5 nitrogen and oxygen atoms in total. The molecule has 0 bridgehead atoms. The molecule has 0 radical (unpaired) electrons. The third-order valence-corrected chi connectivity index (χ3v) is 2.76. The monoisotopic (exact) mass is 296 g/mol. The topological polar surface area (TPSA) is 71.3 Å². The fraction of sp³-hybridized carbons (Fsp3) is 0.0588. The molecule has 2 amide bonds. The van der Waals surface area contributed by atoms with Crippen LogP contribution in [0.2, 0.25) is 0 Å². The fourth-order valence-electron chi connectivity index (χ4n) is 1.73. The van der Waals surface area contributed by atoms with Crippen molar-refractivity contribution in [3.8, 4) is 0 Å². The van der Waals surface area contributed by atoms with E-state index in [2.05, 4.69) is 17.2 Å². The van der Waals surface area contributed by atoms with Crippen LogP contribution in [0.25, 0.3) is 6.08 Å². The van der Waals surface area contributed by atoms with Crippen LogP contribution in [0.5, 0.6) is 0 Å². The van der Waals surface area contributed by atoms with Gasteiger partial charge in [0, 0.05) is 6.54 Å². The molecule has 5 heteroatoms. The molecule has 112 valence electrons. The van der Waals surface area contributed by atoms with Gasteiger partial charge in [-0.3, -0.25) is 9.59 Å². The summed E-state index contributed by atoms with van der Waals surface area (Å²) in [5.74, 6) is -0.750. The van der Waals surface area contributed by atoms with Crippen molar-refractivity contribution in [2.75, 3.05) is 6.54 Å². The Bertz CT molecular complexity index is 673. The van der Waals surface area contributed by atoms with Crippen molar-refractivity contribution >= 4 is 17.9 Å². The van der Waals surface area contributed by atoms with E-state index in [1.165, 1.54) is 12.3 Å². The van der Waals surface area contributed by atoms with Crippen molar-refractivity contribution in [3.63, 3.8) is 0 Å². The smallest absolute Gasteiger partial charge is 0.291 e. The lowest BCUT2D eigenvalue weighted by Crippen LogP contribution is -2.34. The highest BCUT2D eigenvalue weighted by Crippen LogP contribution is 2.07. The first kappa shape index (κ1) is 15.3. The van der Waals surface area contributed by atoms with Gasteiger partial charge in [0.15, 0.2) is 5.76 Å². The average molecular weight is 296 g/mol. The number of nitrogens with one attached hydrogen (secondary N) is 2. The Balaban J connectivity index is 2.21. The van der Waals surface area contributed by atoms with Gasteiger partial charge in [0.05, 0.1) is 6.26 Å². The summed E-state index contributed by atoms with van der Waals surface area (Å²) in [6.07, 6.45) is 4.55. The van der Waals surface area contributed by atoms with Gasteiger partial charge in [0.1, 0.15) is 5.70 Å². The molecule has 2 rings (SSSR count). The maximum atomic E-state index is 12.1. The zero-order valence-corrected chi connectivity index (χ0v) is 11.9. The predicted molar refractivity (Wildman–Crippen MR) is 83.8 cm³/mol. The molecule has 1 aromatic carbocycles. The Morgan fingerprint density at radius 3 is 2.55 bits per heavy atom. The van der Waals surface area contributed by atoms with Crippen molar-refractivity contribution in [2.45, 2.75) is 0 Å². The lowest BCUT2D eigenvalue weighted by Gasteiger charge is -2.09. The van der Waals surface area contributed by atoms with E-state index in [0.717, 1.165) is 5.56 Å². The predicted octanol–water partition coefficient (Wildman–Crippen LogP) is 2.35. The summed E-state index contributed by atoms with van der Waals surface area (Å²) >= 11 is 0. The molecule has 0 aliphatic carbocycles. The van der Waals surface area contributed by atoms with Crippen LogP contribution in [0, 0.1) is 0 Å². The molecule has 0 saturated carbocycles. The quantitative estimate of drug-likeness (QED) is 0.635. The first-order chi connectivity index (χ1) is 10.7. The van der Waals surface area contributed by atoms with Crippen molar-refractivity contribution in [1.29, 1.82) is 0 Å². The Morgan fingerprint density at radius 2 is 1.91 bits per heavy atom. The van der Waals surface area contributed by atoms with E-state index >= 15 is 0 Å². The van der Waals surface area contributed by atoms with E-state index in [-0.39, 0.29) is 11.5 Å². The molecule has 0 aliphatic rings. The van der Waals surface area contributed by atoms with Gasteiger partial charge in [-0.1, -0.05) is 36.4 Å². The van der Waals surface area contributed by atoms with Crippen LogP contribution in [-0.2, 0) is 4.79 Å². The summed E-state index contributed by atoms with van der Waals surface area (Å²) in [5.41, 5.74) is 0.931. The number of rotatable bonds is 6. The van der Waals surface area contributed by atoms with Gasteiger partial charge in [0.25, 0.3) is 11.8 Å². The third kappa shape index (κ3) is 4.21. The van der Waals surface area contributed by atoms with Gasteiger partial charge in [0.2, 0.25) is 0 Å². The second kappa shape index (κ2) is 7.64. The van der Waals surface area contributed by atoms with Crippen LogP contribution in [0.15, 0.2) is 71.5 Å². The molecule has 0 atom stereocenters. The normalized spacial score (nSPS) is 10.8. The van der Waals surface area contributed by atoms with Crippen LogP contribution in [0.1, 0.15) is 16.1 Å². The SMILES string of the molecule is C=CCNC(=O)C(=Cc1ccccc1)NC(=O)c1ccco1. The first-order valence-electron chi connectivity index (χ1n) is 6.71. The highest BCUT2D eigenvalue weighted by atomic mass is 16.3. The lowest BCUT2D eigenvalue weighted by molar-refractivity contribution is -0.117. The minimum atomic E-state index is -0.485. The summed E-state index contributed by atoms with van der Waals surface area (Å²) in [5, 5.41) is 5.19. The molecule has 22 heavy (non-hydrogen) atoms. The third-order valence-electron chi connectivity index (χ3n) is 2.76. The molecule has 0 fully saturated rings. The van der Waals surface area contributed by atoms with Crippen LogP contribution in [-0.4, -0.2) is 18.4 Å². The number of hydrogen-bond donors (Lipinski definition) is 2. The van der Waals surface area contributed by atoms with Gasteiger partial charge < -0.3 is 15.1 Å². The molecule has 1 aromatic heterocycles. The van der Waals surface area contributed by atoms with Crippen molar-refractivity contribution in [3.05, 3.63) is 78.4 Å². The van der Waals surface area contributed by atoms with E-state index in [9.17, 15) is 9.59 Å². The maximum absolute atomic E-state index is 12.1. The lowest BCUT2D eigenvalue weighted by atomic mass is 10.2. The molecule has 0 spiro atoms. The van der Waals surface area contributed by atoms with E-state index < -0.39 is 11.8 Å². The molecule has 0 aliphatic heterocycles. The first-order valence-corrected chi connectivity index (χ1v) is 6.71. The molecule has 2 aromatic rings. The Hall–Kier alpha value is -3.08. The van der Waals surface area contributed by atoms with Crippen LogP contribution in [0.4, 0.5) is 0 Å². The maximum Gasteiger partial charge on any atom is 0.291 e. The Labute approximate surface area is 128 Å². The molecule has 0 unspecified atom stereocenters. The number of carbonyl (C=O) groups excluding carboxylic acids is 2. The van der Waals surface area contributed by atoms with Crippen molar-refractivity contribution < 1.29 is 14.0 Å². The Kier molecular flexibility index (Phi) is 5.31. The standard InChI is InChI=1S/C17H16N2O3/c1-2-10-18-16(20)14(12-13-7-4-3-5-8-13)19-17(21)15-9-6-11-22-15/h2-9,11-12H,1,10H2,(H,18,20)(H,19,21). The number of carbonyl (C=O) groups is 2. The van der Waals surface area contributed by atoms with E-state index in [0.29, 0.717) is 6.54 Å².